The van der Waals surface area contributed by atoms with Gasteiger partial charge in [-0.1, -0.05) is 177 Å². The monoisotopic (exact) mass is 1070 g/mol. The molecule has 0 aliphatic carbocycles. The Kier molecular flexibility index (Phi) is 11.0. The molecule has 0 saturated heterocycles. The maximum absolute atomic E-state index is 6.63. The third kappa shape index (κ3) is 7.76. The lowest BCUT2D eigenvalue weighted by molar-refractivity contribution is 0.591. The molecular formula is C73H59BN2O2S2. The summed E-state index contributed by atoms with van der Waals surface area (Å²) >= 11 is 3.87. The molecule has 0 unspecified atom stereocenters. The molecule has 2 aliphatic heterocycles. The molecule has 4 nitrogen and oxygen atoms in total. The molecule has 0 amide bonds. The summed E-state index contributed by atoms with van der Waals surface area (Å²) in [6.45, 7) is 18.7. The molecule has 388 valence electrons. The first-order valence-electron chi connectivity index (χ1n) is 28.0. The van der Waals surface area contributed by atoms with Crippen LogP contribution in [0.4, 0.5) is 32.8 Å². The first-order valence-corrected chi connectivity index (χ1v) is 29.7. The zero-order valence-corrected chi connectivity index (χ0v) is 47.9. The van der Waals surface area contributed by atoms with E-state index in [-0.39, 0.29) is 23.5 Å². The third-order valence-electron chi connectivity index (χ3n) is 16.8. The van der Waals surface area contributed by atoms with Crippen LogP contribution in [0.1, 0.15) is 78.0 Å². The topological polar surface area (TPSA) is 32.8 Å². The van der Waals surface area contributed by atoms with Gasteiger partial charge in [-0.15, -0.1) is 22.7 Å². The van der Waals surface area contributed by atoms with Crippen LogP contribution < -0.4 is 26.2 Å². The van der Waals surface area contributed by atoms with Crippen LogP contribution in [-0.2, 0) is 10.8 Å². The number of hydrogen-bond donors (Lipinski definition) is 0. The SMILES string of the molecule is CC(C)c1cc2c3c(c1)N(c1ccc(-c4cc5ccccc5o4)cc1-c1ccccc1)c1sc4ccc(C(C)(C)C)cc4c1B3c1c(sc3ccc(C(C)(C)C)cc13)N2c1ccc(-c2cc3ccccc3o2)cc1-c1ccccc1. The average Bonchev–Trinajstić information content (AvgIpc) is 2.40. The van der Waals surface area contributed by atoms with Crippen molar-refractivity contribution in [1.82, 2.24) is 0 Å². The van der Waals surface area contributed by atoms with Crippen molar-refractivity contribution in [2.75, 3.05) is 9.80 Å². The molecule has 13 aromatic rings. The van der Waals surface area contributed by atoms with Gasteiger partial charge < -0.3 is 18.6 Å². The number of furan rings is 2. The van der Waals surface area contributed by atoms with E-state index in [1.54, 1.807) is 0 Å². The van der Waals surface area contributed by atoms with Crippen LogP contribution in [0.5, 0.6) is 0 Å². The summed E-state index contributed by atoms with van der Waals surface area (Å²) in [7, 11) is 0. The summed E-state index contributed by atoms with van der Waals surface area (Å²) in [6.07, 6.45) is 0. The molecule has 4 aromatic heterocycles. The summed E-state index contributed by atoms with van der Waals surface area (Å²) in [5.74, 6) is 1.93. The molecule has 7 heteroatoms. The minimum Gasteiger partial charge on any atom is -0.456 e. The number of hydrogen-bond acceptors (Lipinski definition) is 6. The number of nitrogens with zero attached hydrogens (tertiary/aromatic N) is 2. The van der Waals surface area contributed by atoms with Gasteiger partial charge in [0.2, 0.25) is 0 Å². The molecule has 0 saturated carbocycles. The Bertz CT molecular complexity index is 4270. The highest BCUT2D eigenvalue weighted by molar-refractivity contribution is 7.29. The number of benzene rings is 9. The van der Waals surface area contributed by atoms with E-state index in [2.05, 4.69) is 259 Å². The molecule has 0 atom stereocenters. The fraction of sp³-hybridized carbons (Fsp3) is 0.151. The van der Waals surface area contributed by atoms with Gasteiger partial charge >= 0.3 is 0 Å². The molecule has 2 aliphatic rings. The van der Waals surface area contributed by atoms with Crippen molar-refractivity contribution in [3.05, 3.63) is 223 Å². The van der Waals surface area contributed by atoms with E-state index in [0.29, 0.717) is 0 Å². The first-order chi connectivity index (χ1) is 38.7. The molecular weight excluding hydrogens is 1010 g/mol. The molecule has 0 N–H and O–H groups in total. The molecule has 0 fully saturated rings. The van der Waals surface area contributed by atoms with Crippen molar-refractivity contribution >= 4 is 121 Å². The fourth-order valence-electron chi connectivity index (χ4n) is 12.5. The molecule has 9 aromatic carbocycles. The van der Waals surface area contributed by atoms with Crippen LogP contribution in [0.3, 0.4) is 0 Å². The molecule has 15 rings (SSSR count). The van der Waals surface area contributed by atoms with Crippen molar-refractivity contribution in [2.24, 2.45) is 0 Å². The third-order valence-corrected chi connectivity index (χ3v) is 19.1. The van der Waals surface area contributed by atoms with Gasteiger partial charge in [0.25, 0.3) is 6.71 Å². The van der Waals surface area contributed by atoms with Gasteiger partial charge in [-0.25, -0.2) is 0 Å². The number of thiophene rings is 2. The fourth-order valence-corrected chi connectivity index (χ4v) is 15.0. The van der Waals surface area contributed by atoms with Crippen molar-refractivity contribution < 1.29 is 8.83 Å². The van der Waals surface area contributed by atoms with Crippen molar-refractivity contribution in [3.8, 4) is 44.9 Å². The smallest absolute Gasteiger partial charge is 0.256 e. The van der Waals surface area contributed by atoms with E-state index in [4.69, 9.17) is 8.83 Å². The van der Waals surface area contributed by atoms with E-state index in [0.717, 1.165) is 78.2 Å². The number of fused-ring (bicyclic) bond motifs is 10. The Morgan fingerprint density at radius 3 is 1.24 bits per heavy atom. The summed E-state index contributed by atoms with van der Waals surface area (Å²) in [5.41, 5.74) is 21.0. The van der Waals surface area contributed by atoms with Gasteiger partial charge in [0.1, 0.15) is 22.7 Å². The predicted octanol–water partition coefficient (Wildman–Crippen LogP) is 20.1. The number of para-hydroxylation sites is 2. The molecule has 6 heterocycles. The Hall–Kier alpha value is -8.36. The largest absolute Gasteiger partial charge is 0.456 e. The van der Waals surface area contributed by atoms with Gasteiger partial charge in [-0.3, -0.25) is 0 Å². The zero-order chi connectivity index (χ0) is 54.3. The highest BCUT2D eigenvalue weighted by Crippen LogP contribution is 2.55. The van der Waals surface area contributed by atoms with Gasteiger partial charge in [0.05, 0.1) is 21.4 Å². The van der Waals surface area contributed by atoms with E-state index < -0.39 is 0 Å². The van der Waals surface area contributed by atoms with Crippen LogP contribution in [0.15, 0.2) is 215 Å². The number of rotatable bonds is 7. The van der Waals surface area contributed by atoms with Crippen molar-refractivity contribution in [1.29, 1.82) is 0 Å². The second-order valence-corrected chi connectivity index (χ2v) is 26.3. The van der Waals surface area contributed by atoms with Gasteiger partial charge in [-0.2, -0.15) is 0 Å². The molecule has 0 spiro atoms. The summed E-state index contributed by atoms with van der Waals surface area (Å²) in [6, 6.07) is 76.6. The van der Waals surface area contributed by atoms with E-state index in [1.807, 2.05) is 34.8 Å². The second-order valence-electron chi connectivity index (χ2n) is 24.3. The highest BCUT2D eigenvalue weighted by atomic mass is 32.1. The first kappa shape index (κ1) is 48.7. The Labute approximate surface area is 476 Å². The lowest BCUT2D eigenvalue weighted by Crippen LogP contribution is -2.60. The molecule has 80 heavy (non-hydrogen) atoms. The lowest BCUT2D eigenvalue weighted by atomic mass is 9.33. The lowest BCUT2D eigenvalue weighted by Gasteiger charge is -2.43. The highest BCUT2D eigenvalue weighted by Gasteiger charge is 2.48. The predicted molar refractivity (Wildman–Crippen MR) is 344 cm³/mol. The summed E-state index contributed by atoms with van der Waals surface area (Å²) < 4.78 is 15.8. The Morgan fingerprint density at radius 2 is 0.825 bits per heavy atom. The van der Waals surface area contributed by atoms with Gasteiger partial charge in [0.15, 0.2) is 0 Å². The minimum atomic E-state index is -0.0864. The van der Waals surface area contributed by atoms with Crippen molar-refractivity contribution in [2.45, 2.75) is 72.1 Å². The van der Waals surface area contributed by atoms with Crippen LogP contribution in [-0.4, -0.2) is 6.71 Å². The van der Waals surface area contributed by atoms with E-state index >= 15 is 0 Å². The summed E-state index contributed by atoms with van der Waals surface area (Å²) in [5, 5.41) is 7.35. The normalized spacial score (nSPS) is 13.3. The molecule has 0 radical (unpaired) electrons. The van der Waals surface area contributed by atoms with Gasteiger partial charge in [-0.05, 0) is 157 Å². The maximum atomic E-state index is 6.63. The van der Waals surface area contributed by atoms with E-state index in [9.17, 15) is 0 Å². The number of anilines is 6. The average molecular weight is 1070 g/mol. The zero-order valence-electron chi connectivity index (χ0n) is 46.3. The van der Waals surface area contributed by atoms with Gasteiger partial charge in [0, 0.05) is 53.8 Å². The second kappa shape index (κ2) is 18.1. The molecule has 0 bridgehead atoms. The Morgan fingerprint density at radius 1 is 0.400 bits per heavy atom. The maximum Gasteiger partial charge on any atom is 0.256 e. The standard InChI is InChI=1S/C73H59BN2O2S2/c1-43(2)50-37-59-69-60(38-50)76(58-32-28-49(36-54(58)45-21-13-10-14-22-45)64-40-47-24-16-18-26-62(47)78-64)71-68(56-42-52(73(6,7)8)30-34-66(56)80-71)74(69)67-55-41-51(72(3,4)5)29-33-65(55)79-70(67)75(59)57-31-27-48(35-53(57)44-19-11-9-12-20-44)63-39-46-23-15-17-25-61(46)77-63/h9-43H,1-8H3. The van der Waals surface area contributed by atoms with Crippen LogP contribution >= 0.6 is 22.7 Å². The van der Waals surface area contributed by atoms with Crippen LogP contribution in [0, 0.1) is 0 Å². The minimum absolute atomic E-state index is 0.0624. The Balaban J connectivity index is 1.07. The quantitative estimate of drug-likeness (QED) is 0.149. The van der Waals surface area contributed by atoms with Crippen LogP contribution in [0.25, 0.3) is 87.0 Å². The van der Waals surface area contributed by atoms with E-state index in [1.165, 1.54) is 74.6 Å². The van der Waals surface area contributed by atoms with Crippen molar-refractivity contribution in [3.63, 3.8) is 0 Å². The summed E-state index contributed by atoms with van der Waals surface area (Å²) in [4.78, 5) is 5.31. The van der Waals surface area contributed by atoms with Crippen LogP contribution in [0.2, 0.25) is 0 Å².